The molecule has 0 spiro atoms. The van der Waals surface area contributed by atoms with E-state index in [0.717, 1.165) is 25.0 Å². The minimum Gasteiger partial charge on any atom is -0.481 e. The first kappa shape index (κ1) is 15.4. The number of carbonyl (C=O) groups is 1. The smallest absolute Gasteiger partial charge is 0.309 e. The van der Waals surface area contributed by atoms with E-state index in [1.54, 1.807) is 0 Å². The molecule has 2 rings (SSSR count). The molecule has 114 valence electrons. The Labute approximate surface area is 121 Å². The summed E-state index contributed by atoms with van der Waals surface area (Å²) in [7, 11) is 0. The van der Waals surface area contributed by atoms with Crippen LogP contribution in [0.25, 0.3) is 0 Å². The summed E-state index contributed by atoms with van der Waals surface area (Å²) in [6, 6.07) is 3.64. The molecule has 0 saturated heterocycles. The van der Waals surface area contributed by atoms with Crippen LogP contribution in [0, 0.1) is 27.3 Å². The summed E-state index contributed by atoms with van der Waals surface area (Å²) < 4.78 is 13.7. The first-order chi connectivity index (χ1) is 9.84. The Morgan fingerprint density at radius 3 is 2.57 bits per heavy atom. The molecule has 0 aliphatic heterocycles. The molecular formula is C15H18FNO4. The van der Waals surface area contributed by atoms with Crippen LogP contribution >= 0.6 is 0 Å². The van der Waals surface area contributed by atoms with Gasteiger partial charge in [-0.2, -0.15) is 4.39 Å². The molecule has 1 fully saturated rings. The number of rotatable bonds is 4. The highest BCUT2D eigenvalue weighted by Crippen LogP contribution is 2.42. The molecule has 0 aromatic heterocycles. The van der Waals surface area contributed by atoms with E-state index in [1.165, 1.54) is 6.07 Å². The lowest BCUT2D eigenvalue weighted by atomic mass is 9.68. The molecule has 0 bridgehead atoms. The topological polar surface area (TPSA) is 80.4 Å². The number of halogens is 1. The van der Waals surface area contributed by atoms with Gasteiger partial charge in [0.25, 0.3) is 0 Å². The maximum atomic E-state index is 13.7. The Balaban J connectivity index is 2.24. The number of nitro benzene ring substituents is 1. The molecule has 21 heavy (non-hydrogen) atoms. The molecule has 0 radical (unpaired) electrons. The second kappa shape index (κ2) is 5.79. The van der Waals surface area contributed by atoms with Gasteiger partial charge >= 0.3 is 11.7 Å². The van der Waals surface area contributed by atoms with Gasteiger partial charge < -0.3 is 5.11 Å². The first-order valence-electron chi connectivity index (χ1n) is 7.00. The highest BCUT2D eigenvalue weighted by atomic mass is 19.1. The number of aliphatic carboxylic acids is 1. The SMILES string of the molecule is CC1CCC(Cc2ccc([N+](=O)[O-])c(F)c2)(C(=O)O)CC1. The molecule has 1 aliphatic carbocycles. The molecule has 1 aliphatic rings. The van der Waals surface area contributed by atoms with Crippen molar-refractivity contribution in [3.05, 3.63) is 39.7 Å². The van der Waals surface area contributed by atoms with E-state index in [1.807, 2.05) is 0 Å². The van der Waals surface area contributed by atoms with E-state index in [9.17, 15) is 24.4 Å². The van der Waals surface area contributed by atoms with Crippen LogP contribution in [-0.2, 0) is 11.2 Å². The monoisotopic (exact) mass is 295 g/mol. The predicted octanol–water partition coefficient (Wildman–Crippen LogP) is 3.56. The van der Waals surface area contributed by atoms with Crippen molar-refractivity contribution in [2.45, 2.75) is 39.0 Å². The summed E-state index contributed by atoms with van der Waals surface area (Å²) in [5.41, 5.74) is -0.967. The standard InChI is InChI=1S/C15H18FNO4/c1-10-4-6-15(7-5-10,14(18)19)9-11-2-3-13(17(20)21)12(16)8-11/h2-3,8,10H,4-7,9H2,1H3,(H,18,19). The Bertz CT molecular complexity index is 565. The fraction of sp³-hybridized carbons (Fsp3) is 0.533. The Kier molecular flexibility index (Phi) is 4.25. The molecule has 1 aromatic rings. The van der Waals surface area contributed by atoms with Crippen LogP contribution in [-0.4, -0.2) is 16.0 Å². The van der Waals surface area contributed by atoms with Gasteiger partial charge in [-0.15, -0.1) is 0 Å². The zero-order valence-corrected chi connectivity index (χ0v) is 11.8. The summed E-state index contributed by atoms with van der Waals surface area (Å²) >= 11 is 0. The molecule has 1 aromatic carbocycles. The van der Waals surface area contributed by atoms with E-state index in [-0.39, 0.29) is 6.42 Å². The summed E-state index contributed by atoms with van der Waals surface area (Å²) in [6.45, 7) is 2.09. The van der Waals surface area contributed by atoms with Gasteiger partial charge in [-0.25, -0.2) is 0 Å². The third-order valence-corrected chi connectivity index (χ3v) is 4.44. The number of nitrogens with zero attached hydrogens (tertiary/aromatic N) is 1. The molecule has 1 saturated carbocycles. The van der Waals surface area contributed by atoms with Gasteiger partial charge in [-0.1, -0.05) is 13.0 Å². The average Bonchev–Trinajstić information content (AvgIpc) is 2.41. The van der Waals surface area contributed by atoms with Gasteiger partial charge in [-0.3, -0.25) is 14.9 Å². The summed E-state index contributed by atoms with van der Waals surface area (Å²) in [5.74, 6) is -1.28. The van der Waals surface area contributed by atoms with Gasteiger partial charge in [0.2, 0.25) is 5.82 Å². The maximum absolute atomic E-state index is 13.7. The number of carboxylic acid groups (broad SMARTS) is 1. The van der Waals surface area contributed by atoms with Crippen molar-refractivity contribution in [3.8, 4) is 0 Å². The normalized spacial score (nSPS) is 25.5. The van der Waals surface area contributed by atoms with Gasteiger partial charge in [0.15, 0.2) is 0 Å². The highest BCUT2D eigenvalue weighted by Gasteiger charge is 2.41. The molecule has 6 heteroatoms. The van der Waals surface area contributed by atoms with Crippen molar-refractivity contribution in [1.82, 2.24) is 0 Å². The van der Waals surface area contributed by atoms with Gasteiger partial charge in [0, 0.05) is 6.07 Å². The zero-order chi connectivity index (χ0) is 15.6. The highest BCUT2D eigenvalue weighted by molar-refractivity contribution is 5.75. The lowest BCUT2D eigenvalue weighted by Crippen LogP contribution is -2.37. The fourth-order valence-corrected chi connectivity index (χ4v) is 2.98. The number of hydrogen-bond acceptors (Lipinski definition) is 3. The number of hydrogen-bond donors (Lipinski definition) is 1. The van der Waals surface area contributed by atoms with Crippen LogP contribution in [0.15, 0.2) is 18.2 Å². The molecule has 0 unspecified atom stereocenters. The molecular weight excluding hydrogens is 277 g/mol. The van der Waals surface area contributed by atoms with E-state index in [4.69, 9.17) is 0 Å². The van der Waals surface area contributed by atoms with Crippen LogP contribution in [0.5, 0.6) is 0 Å². The summed E-state index contributed by atoms with van der Waals surface area (Å²) in [5, 5.41) is 20.1. The Morgan fingerprint density at radius 1 is 1.48 bits per heavy atom. The van der Waals surface area contributed by atoms with E-state index in [2.05, 4.69) is 6.92 Å². The summed E-state index contributed by atoms with van der Waals surface area (Å²) in [6.07, 6.45) is 3.00. The van der Waals surface area contributed by atoms with Crippen LogP contribution in [0.2, 0.25) is 0 Å². The first-order valence-corrected chi connectivity index (χ1v) is 7.00. The molecule has 1 N–H and O–H groups in total. The van der Waals surface area contributed by atoms with Gasteiger partial charge in [-0.05, 0) is 49.7 Å². The number of carboxylic acids is 1. The fourth-order valence-electron chi connectivity index (χ4n) is 2.98. The van der Waals surface area contributed by atoms with Crippen LogP contribution in [0.3, 0.4) is 0 Å². The van der Waals surface area contributed by atoms with E-state index < -0.39 is 27.8 Å². The Hall–Kier alpha value is -1.98. The van der Waals surface area contributed by atoms with Gasteiger partial charge in [0.05, 0.1) is 10.3 Å². The number of benzene rings is 1. The zero-order valence-electron chi connectivity index (χ0n) is 11.8. The molecule has 5 nitrogen and oxygen atoms in total. The van der Waals surface area contributed by atoms with Crippen molar-refractivity contribution in [2.75, 3.05) is 0 Å². The second-order valence-electron chi connectivity index (χ2n) is 5.99. The second-order valence-corrected chi connectivity index (χ2v) is 5.99. The maximum Gasteiger partial charge on any atom is 0.309 e. The van der Waals surface area contributed by atoms with Crippen molar-refractivity contribution in [1.29, 1.82) is 0 Å². The van der Waals surface area contributed by atoms with Gasteiger partial charge in [0.1, 0.15) is 0 Å². The predicted molar refractivity (Wildman–Crippen MR) is 74.5 cm³/mol. The van der Waals surface area contributed by atoms with Crippen molar-refractivity contribution in [3.63, 3.8) is 0 Å². The van der Waals surface area contributed by atoms with Crippen LogP contribution in [0.4, 0.5) is 10.1 Å². The van der Waals surface area contributed by atoms with Crippen LogP contribution in [0.1, 0.15) is 38.2 Å². The van der Waals surface area contributed by atoms with Crippen LogP contribution < -0.4 is 0 Å². The lowest BCUT2D eigenvalue weighted by Gasteiger charge is -2.36. The van der Waals surface area contributed by atoms with E-state index >= 15 is 0 Å². The third kappa shape index (κ3) is 3.20. The van der Waals surface area contributed by atoms with Crippen molar-refractivity contribution in [2.24, 2.45) is 11.3 Å². The lowest BCUT2D eigenvalue weighted by molar-refractivity contribution is -0.387. The molecule has 0 heterocycles. The summed E-state index contributed by atoms with van der Waals surface area (Å²) in [4.78, 5) is 21.5. The van der Waals surface area contributed by atoms with E-state index in [0.29, 0.717) is 24.3 Å². The minimum atomic E-state index is -0.915. The molecule has 0 amide bonds. The van der Waals surface area contributed by atoms with Crippen molar-refractivity contribution >= 4 is 11.7 Å². The largest absolute Gasteiger partial charge is 0.481 e. The van der Waals surface area contributed by atoms with Crippen molar-refractivity contribution < 1.29 is 19.2 Å². The average molecular weight is 295 g/mol. The number of nitro groups is 1. The Morgan fingerprint density at radius 2 is 2.10 bits per heavy atom. The molecule has 0 atom stereocenters. The third-order valence-electron chi connectivity index (χ3n) is 4.44. The minimum absolute atomic E-state index is 0.212. The quantitative estimate of drug-likeness (QED) is 0.680.